The van der Waals surface area contributed by atoms with E-state index in [2.05, 4.69) is 7.05 Å². The van der Waals surface area contributed by atoms with Crippen LogP contribution >= 0.6 is 0 Å². The number of ketones is 1. The molecular weight excluding hydrogens is 410 g/mol. The monoisotopic (exact) mass is 435 g/mol. The average molecular weight is 436 g/mol. The van der Waals surface area contributed by atoms with Gasteiger partial charge in [-0.3, -0.25) is 4.79 Å². The Morgan fingerprint density at radius 2 is 2.07 bits per heavy atom. The number of aliphatic hydroxyl groups is 1. The summed E-state index contributed by atoms with van der Waals surface area (Å²) in [4.78, 5) is 12.8. The molecule has 2 aliphatic heterocycles. The van der Waals surface area contributed by atoms with Gasteiger partial charge in [0, 0.05) is 30.7 Å². The number of carbonyl (C=O) groups excluding carboxylic acids is 1. The van der Waals surface area contributed by atoms with Crippen LogP contribution in [0.4, 0.5) is 0 Å². The quantitative estimate of drug-likeness (QED) is 0.565. The predicted molar refractivity (Wildman–Crippen MR) is 94.1 cm³/mol. The number of carbonyl (C=O) groups is 1. The van der Waals surface area contributed by atoms with Crippen LogP contribution in [0.1, 0.15) is 43.2 Å². The lowest BCUT2D eigenvalue weighted by Gasteiger charge is -2.64. The summed E-state index contributed by atoms with van der Waals surface area (Å²) in [6.07, 6.45) is 4.42. The number of rotatable bonds is 2. The summed E-state index contributed by atoms with van der Waals surface area (Å²) in [6, 6.07) is 3.77. The molecule has 0 aromatic heterocycles. The summed E-state index contributed by atoms with van der Waals surface area (Å²) >= 11 is 0. The van der Waals surface area contributed by atoms with E-state index in [1.807, 2.05) is 6.07 Å². The molecule has 5 aliphatic rings. The molecule has 1 saturated heterocycles. The van der Waals surface area contributed by atoms with Crippen LogP contribution in [0.25, 0.3) is 0 Å². The number of nitrogens with zero attached hydrogens (tertiary/aromatic N) is 1. The minimum atomic E-state index is -0.931. The molecule has 3 unspecified atom stereocenters. The van der Waals surface area contributed by atoms with Crippen LogP contribution in [0.2, 0.25) is 0 Å². The molecule has 0 amide bonds. The van der Waals surface area contributed by atoms with E-state index in [0.29, 0.717) is 18.6 Å². The van der Waals surface area contributed by atoms with Crippen molar-refractivity contribution in [2.75, 3.05) is 20.1 Å². The van der Waals surface area contributed by atoms with Crippen molar-refractivity contribution in [3.05, 3.63) is 23.3 Å². The van der Waals surface area contributed by atoms with Gasteiger partial charge >= 0.3 is 0 Å². The second kappa shape index (κ2) is 5.28. The Morgan fingerprint density at radius 1 is 1.30 bits per heavy atom. The maximum absolute atomic E-state index is 12.8. The fourth-order valence-corrected chi connectivity index (χ4v) is 6.94. The Bertz CT molecular complexity index is 855. The number of phenolic OH excluding ortho intramolecular Hbond substituents is 1. The number of benzene rings is 1. The van der Waals surface area contributed by atoms with Gasteiger partial charge < -0.3 is 36.4 Å². The highest BCUT2D eigenvalue weighted by molar-refractivity contribution is 5.90. The summed E-state index contributed by atoms with van der Waals surface area (Å²) in [5.41, 5.74) is 0.492. The first kappa shape index (κ1) is 18.0. The van der Waals surface area contributed by atoms with E-state index < -0.39 is 17.1 Å². The van der Waals surface area contributed by atoms with Crippen molar-refractivity contribution in [3.8, 4) is 11.5 Å². The second-order valence-electron chi connectivity index (χ2n) is 9.61. The number of phenols is 1. The lowest BCUT2D eigenvalue weighted by atomic mass is 9.48. The molecule has 6 heteroatoms. The number of likely N-dealkylation sites (tertiary alicyclic amines) is 1. The lowest BCUT2D eigenvalue weighted by molar-refractivity contribution is -0.950. The van der Waals surface area contributed by atoms with E-state index in [9.17, 15) is 15.0 Å². The summed E-state index contributed by atoms with van der Waals surface area (Å²) in [5.74, 6) is 1.42. The molecule has 6 rings (SSSR count). The van der Waals surface area contributed by atoms with E-state index in [1.165, 1.54) is 12.8 Å². The molecule has 3 aliphatic carbocycles. The van der Waals surface area contributed by atoms with Crippen molar-refractivity contribution in [1.82, 2.24) is 0 Å². The zero-order valence-electron chi connectivity index (χ0n) is 15.6. The minimum Gasteiger partial charge on any atom is -1.00 e. The summed E-state index contributed by atoms with van der Waals surface area (Å²) < 4.78 is 6.98. The van der Waals surface area contributed by atoms with Gasteiger partial charge in [0.05, 0.1) is 25.6 Å². The number of ether oxygens (including phenoxy) is 1. The predicted octanol–water partition coefficient (Wildman–Crippen LogP) is -1.33. The van der Waals surface area contributed by atoms with Crippen LogP contribution in [-0.2, 0) is 16.6 Å². The lowest BCUT2D eigenvalue weighted by Crippen LogP contribution is -3.00. The van der Waals surface area contributed by atoms with Crippen molar-refractivity contribution in [3.63, 3.8) is 0 Å². The molecule has 27 heavy (non-hydrogen) atoms. The van der Waals surface area contributed by atoms with Gasteiger partial charge in [-0.1, -0.05) is 6.07 Å². The number of hydrogen-bond acceptors (Lipinski definition) is 4. The molecule has 2 bridgehead atoms. The first-order valence-corrected chi connectivity index (χ1v) is 10.0. The molecule has 3 fully saturated rings. The summed E-state index contributed by atoms with van der Waals surface area (Å²) in [5, 5.41) is 22.5. The molecule has 2 N–H and O–H groups in total. The molecule has 2 saturated carbocycles. The van der Waals surface area contributed by atoms with Gasteiger partial charge in [-0.05, 0) is 30.9 Å². The maximum Gasteiger partial charge on any atom is 0.174 e. The molecular formula is C21H26BrNO4. The SMILES string of the molecule is C[N@+]1(CC2CC2)CC[C@]23c4c5ccc(O)c4OC2C(=O)CCC3(O)C1C5.[Br-]. The number of likely N-dealkylation sites (N-methyl/N-ethyl adjacent to an activating group) is 1. The number of piperidine rings is 1. The number of aromatic hydroxyl groups is 1. The topological polar surface area (TPSA) is 66.8 Å². The molecule has 1 spiro atoms. The molecule has 1 aromatic carbocycles. The molecule has 146 valence electrons. The number of Topliss-reactive ketones (excluding diaryl/α,β-unsaturated/α-hetero) is 1. The van der Waals surface area contributed by atoms with Gasteiger partial charge in [0.15, 0.2) is 23.4 Å². The van der Waals surface area contributed by atoms with Gasteiger partial charge in [-0.2, -0.15) is 0 Å². The third kappa shape index (κ3) is 1.94. The maximum atomic E-state index is 12.8. The van der Waals surface area contributed by atoms with E-state index in [1.54, 1.807) is 6.07 Å². The fraction of sp³-hybridized carbons (Fsp3) is 0.667. The fourth-order valence-electron chi connectivity index (χ4n) is 6.94. The van der Waals surface area contributed by atoms with Crippen molar-refractivity contribution in [2.45, 2.75) is 61.7 Å². The molecule has 5 atom stereocenters. The molecule has 0 radical (unpaired) electrons. The molecule has 5 nitrogen and oxygen atoms in total. The Balaban J connectivity index is 0.00000160. The first-order chi connectivity index (χ1) is 12.4. The smallest absolute Gasteiger partial charge is 0.174 e. The van der Waals surface area contributed by atoms with E-state index in [-0.39, 0.29) is 34.6 Å². The van der Waals surface area contributed by atoms with Crippen LogP contribution in [0.15, 0.2) is 12.1 Å². The molecule has 2 heterocycles. The van der Waals surface area contributed by atoms with Gasteiger partial charge in [0.25, 0.3) is 0 Å². The Labute approximate surface area is 169 Å². The Kier molecular flexibility index (Phi) is 3.51. The van der Waals surface area contributed by atoms with Crippen LogP contribution < -0.4 is 21.7 Å². The normalized spacial score (nSPS) is 43.6. The largest absolute Gasteiger partial charge is 1.00 e. The summed E-state index contributed by atoms with van der Waals surface area (Å²) in [7, 11) is 2.31. The van der Waals surface area contributed by atoms with Crippen LogP contribution in [0.5, 0.6) is 11.5 Å². The van der Waals surface area contributed by atoms with Gasteiger partial charge in [0.1, 0.15) is 11.6 Å². The van der Waals surface area contributed by atoms with Crippen molar-refractivity contribution >= 4 is 5.78 Å². The van der Waals surface area contributed by atoms with Crippen molar-refractivity contribution in [2.24, 2.45) is 5.92 Å². The number of halogens is 1. The molecule has 1 aromatic rings. The summed E-state index contributed by atoms with van der Waals surface area (Å²) in [6.45, 7) is 2.09. The van der Waals surface area contributed by atoms with Crippen LogP contribution in [0, 0.1) is 5.92 Å². The van der Waals surface area contributed by atoms with Gasteiger partial charge in [0.2, 0.25) is 0 Å². The van der Waals surface area contributed by atoms with Crippen molar-refractivity contribution < 1.29 is 41.2 Å². The number of hydrogen-bond donors (Lipinski definition) is 2. The highest BCUT2D eigenvalue weighted by Gasteiger charge is 2.76. The average Bonchev–Trinajstić information content (AvgIpc) is 3.32. The minimum absolute atomic E-state index is 0. The number of quaternary nitrogens is 1. The first-order valence-electron chi connectivity index (χ1n) is 10.0. The van der Waals surface area contributed by atoms with E-state index >= 15 is 0 Å². The Hall–Kier alpha value is -1.11. The van der Waals surface area contributed by atoms with Crippen molar-refractivity contribution in [1.29, 1.82) is 0 Å². The third-order valence-electron chi connectivity index (χ3n) is 8.28. The van der Waals surface area contributed by atoms with Gasteiger partial charge in [-0.25, -0.2) is 0 Å². The van der Waals surface area contributed by atoms with E-state index in [0.717, 1.165) is 47.5 Å². The highest BCUT2D eigenvalue weighted by atomic mass is 79.9. The zero-order chi connectivity index (χ0) is 17.9. The van der Waals surface area contributed by atoms with Crippen LogP contribution in [0.3, 0.4) is 0 Å². The standard InChI is InChI=1S/C21H25NO4.BrH/c1-22(11-12-2-3-12)9-8-20-17-13-4-5-14(23)18(17)26-19(20)15(24)6-7-21(20,25)16(22)10-13;/h4-5,12,16,19,25H,2-3,6-11H2,1H3;1H/t16?,19?,20-,21?,22+;/m0./s1. The van der Waals surface area contributed by atoms with Crippen LogP contribution in [-0.4, -0.2) is 58.4 Å². The Morgan fingerprint density at radius 3 is 2.81 bits per heavy atom. The van der Waals surface area contributed by atoms with Gasteiger partial charge in [-0.15, -0.1) is 0 Å². The third-order valence-corrected chi connectivity index (χ3v) is 8.28. The second-order valence-corrected chi connectivity index (χ2v) is 9.61. The van der Waals surface area contributed by atoms with E-state index in [4.69, 9.17) is 4.74 Å². The highest BCUT2D eigenvalue weighted by Crippen LogP contribution is 2.65. The zero-order valence-corrected chi connectivity index (χ0v) is 17.2.